The van der Waals surface area contributed by atoms with Crippen molar-refractivity contribution in [1.82, 2.24) is 0 Å². The van der Waals surface area contributed by atoms with Gasteiger partial charge in [0.15, 0.2) is 5.92 Å². The first-order valence-corrected chi connectivity index (χ1v) is 3.72. The van der Waals surface area contributed by atoms with Gasteiger partial charge in [0.25, 0.3) is 0 Å². The molecule has 1 N–H and O–H groups in total. The summed E-state index contributed by atoms with van der Waals surface area (Å²) in [7, 11) is 0. The molecule has 0 saturated heterocycles. The van der Waals surface area contributed by atoms with Crippen LogP contribution in [0.3, 0.4) is 0 Å². The molecule has 10 heteroatoms. The summed E-state index contributed by atoms with van der Waals surface area (Å²) >= 11 is 0. The van der Waals surface area contributed by atoms with E-state index in [0.717, 1.165) is 0 Å². The average molecular weight is 272 g/mol. The summed E-state index contributed by atoms with van der Waals surface area (Å²) in [4.78, 5) is 10.1. The van der Waals surface area contributed by atoms with Crippen molar-refractivity contribution in [1.29, 1.82) is 0 Å². The maximum Gasteiger partial charge on any atom is 0.402 e. The molecule has 17 heavy (non-hydrogen) atoms. The average Bonchev–Trinajstić information content (AvgIpc) is 2.10. The molecule has 0 aliphatic heterocycles. The first-order chi connectivity index (χ1) is 7.46. The lowest BCUT2D eigenvalue weighted by Gasteiger charge is -2.27. The molecular formula is C7H4F8O2. The van der Waals surface area contributed by atoms with E-state index < -0.39 is 42.3 Å². The first kappa shape index (κ1) is 15.6. The summed E-state index contributed by atoms with van der Waals surface area (Å²) in [6.07, 6.45) is -12.1. The van der Waals surface area contributed by atoms with Gasteiger partial charge in [0.2, 0.25) is 0 Å². The Balaban J connectivity index is 5.69. The van der Waals surface area contributed by atoms with Crippen molar-refractivity contribution in [3.8, 4) is 0 Å². The summed E-state index contributed by atoms with van der Waals surface area (Å²) in [6, 6.07) is 0. The molecular weight excluding hydrogens is 268 g/mol. The molecule has 1 atom stereocenters. The molecule has 0 radical (unpaired) electrons. The monoisotopic (exact) mass is 272 g/mol. The van der Waals surface area contributed by atoms with Crippen LogP contribution >= 0.6 is 0 Å². The van der Waals surface area contributed by atoms with Gasteiger partial charge < -0.3 is 5.11 Å². The molecule has 0 spiro atoms. The predicted molar refractivity (Wildman–Crippen MR) is 37.3 cm³/mol. The van der Waals surface area contributed by atoms with Crippen molar-refractivity contribution in [2.75, 3.05) is 0 Å². The molecule has 1 unspecified atom stereocenters. The minimum Gasteiger partial charge on any atom is -0.478 e. The fraction of sp³-hybridized carbons (Fsp3) is 0.571. The van der Waals surface area contributed by atoms with Gasteiger partial charge in [-0.25, -0.2) is 18.0 Å². The molecule has 0 aromatic heterocycles. The van der Waals surface area contributed by atoms with E-state index in [1.807, 2.05) is 0 Å². The molecule has 0 heterocycles. The van der Waals surface area contributed by atoms with Crippen LogP contribution in [-0.4, -0.2) is 29.6 Å². The Hall–Kier alpha value is -1.35. The zero-order chi connectivity index (χ0) is 14.0. The normalized spacial score (nSPS) is 16.2. The van der Waals surface area contributed by atoms with Crippen LogP contribution < -0.4 is 0 Å². The van der Waals surface area contributed by atoms with Crippen LogP contribution in [0.25, 0.3) is 0 Å². The van der Waals surface area contributed by atoms with Gasteiger partial charge in [-0.05, 0) is 0 Å². The number of rotatable bonds is 4. The molecule has 0 aliphatic rings. The molecule has 0 bridgehead atoms. The van der Waals surface area contributed by atoms with E-state index in [9.17, 15) is 39.9 Å². The smallest absolute Gasteiger partial charge is 0.402 e. The summed E-state index contributed by atoms with van der Waals surface area (Å²) in [5.41, 5.74) is -2.48. The third kappa shape index (κ3) is 3.30. The molecule has 2 nitrogen and oxygen atoms in total. The fourth-order valence-electron chi connectivity index (χ4n) is 0.961. The van der Waals surface area contributed by atoms with E-state index >= 15 is 0 Å². The van der Waals surface area contributed by atoms with Crippen molar-refractivity contribution in [2.45, 2.75) is 18.5 Å². The minimum absolute atomic E-state index is 1.28. The molecule has 0 rings (SSSR count). The molecule has 0 fully saturated rings. The number of hydrogen-bond donors (Lipinski definition) is 1. The van der Waals surface area contributed by atoms with E-state index in [-0.39, 0.29) is 0 Å². The maximum absolute atomic E-state index is 12.6. The Bertz CT molecular complexity index is 318. The van der Waals surface area contributed by atoms with E-state index in [2.05, 4.69) is 0 Å². The highest BCUT2D eigenvalue weighted by Crippen LogP contribution is 2.45. The van der Waals surface area contributed by atoms with Crippen LogP contribution in [0, 0.1) is 5.92 Å². The van der Waals surface area contributed by atoms with Crippen molar-refractivity contribution in [3.05, 3.63) is 11.9 Å². The summed E-state index contributed by atoms with van der Waals surface area (Å²) in [5, 5.41) is 8.07. The van der Waals surface area contributed by atoms with Gasteiger partial charge in [-0.3, -0.25) is 0 Å². The van der Waals surface area contributed by atoms with Crippen LogP contribution in [0.15, 0.2) is 11.9 Å². The van der Waals surface area contributed by atoms with E-state index in [1.165, 1.54) is 0 Å². The molecule has 0 aromatic rings. The number of halogens is 8. The second kappa shape index (κ2) is 4.88. The van der Waals surface area contributed by atoms with Gasteiger partial charge in [-0.15, -0.1) is 0 Å². The van der Waals surface area contributed by atoms with Gasteiger partial charge in [0.1, 0.15) is 0 Å². The fourth-order valence-corrected chi connectivity index (χ4v) is 0.961. The third-order valence-corrected chi connectivity index (χ3v) is 1.68. The number of carbonyl (C=O) groups is 1. The summed E-state index contributed by atoms with van der Waals surface area (Å²) < 4.78 is 96.8. The SMILES string of the molecule is O=C(O)C(=CF)C(C(F)(F)F)C(F)(F)C(F)F. The Labute approximate surface area is 88.5 Å². The van der Waals surface area contributed by atoms with Crippen LogP contribution in [0.1, 0.15) is 0 Å². The second-order valence-electron chi connectivity index (χ2n) is 2.82. The zero-order valence-electron chi connectivity index (χ0n) is 7.61. The Morgan fingerprint density at radius 1 is 1.12 bits per heavy atom. The highest BCUT2D eigenvalue weighted by Gasteiger charge is 2.63. The highest BCUT2D eigenvalue weighted by molar-refractivity contribution is 5.87. The largest absolute Gasteiger partial charge is 0.478 e. The minimum atomic E-state index is -6.03. The third-order valence-electron chi connectivity index (χ3n) is 1.68. The van der Waals surface area contributed by atoms with Gasteiger partial charge in [-0.1, -0.05) is 0 Å². The van der Waals surface area contributed by atoms with Gasteiger partial charge in [0, 0.05) is 0 Å². The molecule has 0 aromatic carbocycles. The number of aliphatic carboxylic acids is 1. The van der Waals surface area contributed by atoms with E-state index in [4.69, 9.17) is 5.11 Å². The maximum atomic E-state index is 12.6. The lowest BCUT2D eigenvalue weighted by molar-refractivity contribution is -0.260. The topological polar surface area (TPSA) is 37.3 Å². The van der Waals surface area contributed by atoms with Gasteiger partial charge in [0.05, 0.1) is 11.9 Å². The zero-order valence-corrected chi connectivity index (χ0v) is 7.61. The highest BCUT2D eigenvalue weighted by atomic mass is 19.4. The lowest BCUT2D eigenvalue weighted by Crippen LogP contribution is -2.47. The van der Waals surface area contributed by atoms with Crippen LogP contribution in [0.2, 0.25) is 0 Å². The Kier molecular flexibility index (Phi) is 4.49. The molecule has 0 saturated carbocycles. The first-order valence-electron chi connectivity index (χ1n) is 3.72. The predicted octanol–water partition coefficient (Wildman–Crippen LogP) is 3.00. The summed E-state index contributed by atoms with van der Waals surface area (Å²) in [5.74, 6) is -12.9. The standard InChI is InChI=1S/C7H4F8O2/c8-1-2(4(16)17)3(7(13,14)15)6(11,12)5(9)10/h1,3,5H,(H,16,17). The Morgan fingerprint density at radius 2 is 1.53 bits per heavy atom. The van der Waals surface area contributed by atoms with Crippen molar-refractivity contribution >= 4 is 5.97 Å². The van der Waals surface area contributed by atoms with Gasteiger partial charge in [-0.2, -0.15) is 22.0 Å². The lowest BCUT2D eigenvalue weighted by atomic mass is 9.92. The van der Waals surface area contributed by atoms with Crippen LogP contribution in [0.5, 0.6) is 0 Å². The molecule has 0 amide bonds. The number of alkyl halides is 7. The summed E-state index contributed by atoms with van der Waals surface area (Å²) in [6.45, 7) is 0. The van der Waals surface area contributed by atoms with Crippen molar-refractivity contribution in [3.63, 3.8) is 0 Å². The second-order valence-corrected chi connectivity index (χ2v) is 2.82. The quantitative estimate of drug-likeness (QED) is 0.631. The van der Waals surface area contributed by atoms with Crippen LogP contribution in [-0.2, 0) is 4.79 Å². The molecule has 0 aliphatic carbocycles. The van der Waals surface area contributed by atoms with Crippen molar-refractivity contribution < 1.29 is 45.0 Å². The van der Waals surface area contributed by atoms with Crippen molar-refractivity contribution in [2.24, 2.45) is 5.92 Å². The van der Waals surface area contributed by atoms with Crippen LogP contribution in [0.4, 0.5) is 35.1 Å². The number of carboxylic acid groups (broad SMARTS) is 1. The number of hydrogen-bond acceptors (Lipinski definition) is 1. The molecule has 100 valence electrons. The van der Waals surface area contributed by atoms with E-state index in [1.54, 1.807) is 0 Å². The Morgan fingerprint density at radius 3 is 1.71 bits per heavy atom. The van der Waals surface area contributed by atoms with E-state index in [0.29, 0.717) is 0 Å². The number of carboxylic acids is 1. The van der Waals surface area contributed by atoms with Gasteiger partial charge >= 0.3 is 24.5 Å².